The Labute approximate surface area is 121 Å². The largest absolute Gasteiger partial charge is 0.393 e. The van der Waals surface area contributed by atoms with Gasteiger partial charge in [-0.3, -0.25) is 4.79 Å². The van der Waals surface area contributed by atoms with Gasteiger partial charge in [0.05, 0.1) is 6.10 Å². The molecule has 3 saturated carbocycles. The van der Waals surface area contributed by atoms with Gasteiger partial charge in [-0.05, 0) is 80.1 Å². The summed E-state index contributed by atoms with van der Waals surface area (Å²) < 4.78 is 0. The van der Waals surface area contributed by atoms with Crippen LogP contribution in [0.4, 0.5) is 0 Å². The van der Waals surface area contributed by atoms with Crippen molar-refractivity contribution in [1.29, 1.82) is 0 Å². The fourth-order valence-corrected chi connectivity index (χ4v) is 6.15. The quantitative estimate of drug-likeness (QED) is 0.734. The Morgan fingerprint density at radius 2 is 1.95 bits per heavy atom. The molecular weight excluding hydrogens is 248 g/mol. The van der Waals surface area contributed by atoms with Gasteiger partial charge in [0.25, 0.3) is 0 Å². The van der Waals surface area contributed by atoms with E-state index < -0.39 is 0 Å². The monoisotopic (exact) mass is 274 g/mol. The molecule has 3 fully saturated rings. The second-order valence-corrected chi connectivity index (χ2v) is 7.94. The summed E-state index contributed by atoms with van der Waals surface area (Å²) in [5.41, 5.74) is 1.65. The second kappa shape index (κ2) is 4.43. The number of allylic oxidation sites excluding steroid dienone is 1. The Balaban J connectivity index is 1.63. The van der Waals surface area contributed by atoms with E-state index in [2.05, 4.69) is 6.92 Å². The van der Waals surface area contributed by atoms with E-state index >= 15 is 0 Å². The molecule has 110 valence electrons. The van der Waals surface area contributed by atoms with Gasteiger partial charge in [0.2, 0.25) is 0 Å². The summed E-state index contributed by atoms with van der Waals surface area (Å²) in [5.74, 6) is 3.38. The van der Waals surface area contributed by atoms with Gasteiger partial charge >= 0.3 is 0 Å². The summed E-state index contributed by atoms with van der Waals surface area (Å²) in [4.78, 5) is 11.6. The molecule has 6 atom stereocenters. The third kappa shape index (κ3) is 1.70. The molecule has 4 aliphatic carbocycles. The van der Waals surface area contributed by atoms with Crippen LogP contribution in [0.3, 0.4) is 0 Å². The highest BCUT2D eigenvalue weighted by Gasteiger charge is 2.55. The van der Waals surface area contributed by atoms with Crippen molar-refractivity contribution in [3.8, 4) is 0 Å². The minimum Gasteiger partial charge on any atom is -0.393 e. The molecule has 0 saturated heterocycles. The van der Waals surface area contributed by atoms with E-state index in [9.17, 15) is 9.90 Å². The standard InChI is InChI=1S/C18H26O2/c1-18-9-8-14-13-5-3-12(19)10-11(13)2-4-15(14)16(18)6-7-17(18)20/h10,13-17,20H,2-9H2,1H3/t13-,14-,15-,16+,17+,18-/m1/s1. The first-order valence-corrected chi connectivity index (χ1v) is 8.51. The van der Waals surface area contributed by atoms with Crippen molar-refractivity contribution in [3.05, 3.63) is 11.6 Å². The Hall–Kier alpha value is -0.630. The van der Waals surface area contributed by atoms with Crippen LogP contribution in [-0.4, -0.2) is 17.0 Å². The van der Waals surface area contributed by atoms with Crippen molar-refractivity contribution in [2.75, 3.05) is 0 Å². The van der Waals surface area contributed by atoms with E-state index in [4.69, 9.17) is 0 Å². The molecule has 0 aromatic carbocycles. The number of aliphatic hydroxyl groups excluding tert-OH is 1. The van der Waals surface area contributed by atoms with Crippen molar-refractivity contribution in [2.45, 2.75) is 64.4 Å². The summed E-state index contributed by atoms with van der Waals surface area (Å²) >= 11 is 0. The average Bonchev–Trinajstić information content (AvgIpc) is 2.74. The molecule has 4 rings (SSSR count). The molecular formula is C18H26O2. The van der Waals surface area contributed by atoms with E-state index in [1.807, 2.05) is 6.08 Å². The predicted octanol–water partition coefficient (Wildman–Crippen LogP) is 3.49. The SMILES string of the molecule is C[C@@]12CC[C@H]3[C@@H](CCC4=CC(=O)CC[C@H]43)[C@@H]1CC[C@@H]2O. The van der Waals surface area contributed by atoms with E-state index in [1.165, 1.54) is 31.3 Å². The van der Waals surface area contributed by atoms with Gasteiger partial charge < -0.3 is 5.11 Å². The van der Waals surface area contributed by atoms with Gasteiger partial charge in [-0.2, -0.15) is 0 Å². The van der Waals surface area contributed by atoms with Crippen LogP contribution in [0.15, 0.2) is 11.6 Å². The maximum Gasteiger partial charge on any atom is 0.155 e. The highest BCUT2D eigenvalue weighted by atomic mass is 16.3. The molecule has 0 heterocycles. The van der Waals surface area contributed by atoms with Crippen LogP contribution in [0.1, 0.15) is 58.3 Å². The van der Waals surface area contributed by atoms with Gasteiger partial charge in [0.1, 0.15) is 0 Å². The molecule has 0 spiro atoms. The zero-order chi connectivity index (χ0) is 13.9. The fourth-order valence-electron chi connectivity index (χ4n) is 6.15. The van der Waals surface area contributed by atoms with Gasteiger partial charge in [0, 0.05) is 6.42 Å². The number of hydrogen-bond donors (Lipinski definition) is 1. The van der Waals surface area contributed by atoms with E-state index in [0.717, 1.165) is 43.4 Å². The predicted molar refractivity (Wildman–Crippen MR) is 78.1 cm³/mol. The zero-order valence-corrected chi connectivity index (χ0v) is 12.5. The van der Waals surface area contributed by atoms with Crippen molar-refractivity contribution in [3.63, 3.8) is 0 Å². The number of hydrogen-bond acceptors (Lipinski definition) is 2. The summed E-state index contributed by atoms with van der Waals surface area (Å²) in [5, 5.41) is 10.4. The fraction of sp³-hybridized carbons (Fsp3) is 0.833. The normalized spacial score (nSPS) is 51.0. The lowest BCUT2D eigenvalue weighted by molar-refractivity contribution is -0.116. The maximum atomic E-state index is 11.6. The number of carbonyl (C=O) groups excluding carboxylic acids is 1. The van der Waals surface area contributed by atoms with Crippen LogP contribution in [0.5, 0.6) is 0 Å². The van der Waals surface area contributed by atoms with Crippen LogP contribution in [0, 0.1) is 29.1 Å². The Morgan fingerprint density at radius 3 is 2.80 bits per heavy atom. The lowest BCUT2D eigenvalue weighted by Gasteiger charge is -2.53. The molecule has 2 nitrogen and oxygen atoms in total. The first kappa shape index (κ1) is 13.1. The van der Waals surface area contributed by atoms with E-state index in [-0.39, 0.29) is 11.5 Å². The first-order valence-electron chi connectivity index (χ1n) is 8.51. The molecule has 20 heavy (non-hydrogen) atoms. The molecule has 0 aromatic heterocycles. The average molecular weight is 274 g/mol. The minimum atomic E-state index is -0.0710. The smallest absolute Gasteiger partial charge is 0.155 e. The number of aliphatic hydroxyl groups is 1. The highest BCUT2D eigenvalue weighted by Crippen LogP contribution is 2.61. The van der Waals surface area contributed by atoms with E-state index in [1.54, 1.807) is 0 Å². The van der Waals surface area contributed by atoms with Gasteiger partial charge in [-0.25, -0.2) is 0 Å². The maximum absolute atomic E-state index is 11.6. The third-order valence-corrected chi connectivity index (χ3v) is 7.25. The minimum absolute atomic E-state index is 0.0710. The number of fused-ring (bicyclic) bond motifs is 5. The van der Waals surface area contributed by atoms with Crippen molar-refractivity contribution in [2.24, 2.45) is 29.1 Å². The third-order valence-electron chi connectivity index (χ3n) is 7.25. The van der Waals surface area contributed by atoms with Crippen LogP contribution in [0.2, 0.25) is 0 Å². The Kier molecular flexibility index (Phi) is 2.89. The highest BCUT2D eigenvalue weighted by molar-refractivity contribution is 5.91. The van der Waals surface area contributed by atoms with Crippen LogP contribution in [0.25, 0.3) is 0 Å². The molecule has 0 radical (unpaired) electrons. The summed E-state index contributed by atoms with van der Waals surface area (Å²) in [6.45, 7) is 2.33. The molecule has 2 heteroatoms. The van der Waals surface area contributed by atoms with Crippen LogP contribution in [-0.2, 0) is 4.79 Å². The summed E-state index contributed by atoms with van der Waals surface area (Å²) in [6, 6.07) is 0. The van der Waals surface area contributed by atoms with Crippen molar-refractivity contribution >= 4 is 5.78 Å². The van der Waals surface area contributed by atoms with Crippen LogP contribution >= 0.6 is 0 Å². The molecule has 0 bridgehead atoms. The lowest BCUT2D eigenvalue weighted by atomic mass is 9.52. The van der Waals surface area contributed by atoms with Crippen molar-refractivity contribution < 1.29 is 9.90 Å². The van der Waals surface area contributed by atoms with Crippen molar-refractivity contribution in [1.82, 2.24) is 0 Å². The van der Waals surface area contributed by atoms with Gasteiger partial charge in [-0.1, -0.05) is 12.5 Å². The van der Waals surface area contributed by atoms with Gasteiger partial charge in [-0.15, -0.1) is 0 Å². The summed E-state index contributed by atoms with van der Waals surface area (Å²) in [7, 11) is 0. The van der Waals surface area contributed by atoms with Crippen LogP contribution < -0.4 is 0 Å². The molecule has 0 amide bonds. The molecule has 0 aromatic rings. The molecule has 0 unspecified atom stereocenters. The number of ketones is 1. The summed E-state index contributed by atoms with van der Waals surface area (Å²) in [6.07, 6.45) is 10.9. The second-order valence-electron chi connectivity index (χ2n) is 7.94. The number of rotatable bonds is 0. The zero-order valence-electron chi connectivity index (χ0n) is 12.5. The molecule has 0 aliphatic heterocycles. The Morgan fingerprint density at radius 1 is 1.10 bits per heavy atom. The number of carbonyl (C=O) groups is 1. The Bertz CT molecular complexity index is 466. The van der Waals surface area contributed by atoms with Gasteiger partial charge in [0.15, 0.2) is 5.78 Å². The molecule has 4 aliphatic rings. The topological polar surface area (TPSA) is 37.3 Å². The lowest BCUT2D eigenvalue weighted by Crippen LogP contribution is -2.47. The first-order chi connectivity index (χ1) is 9.59. The molecule has 1 N–H and O–H groups in total. The van der Waals surface area contributed by atoms with E-state index in [0.29, 0.717) is 11.7 Å².